The molecular formula is C24H32ClN3O. The van der Waals surface area contributed by atoms with Gasteiger partial charge in [-0.25, -0.2) is 0 Å². The summed E-state index contributed by atoms with van der Waals surface area (Å²) in [5.74, 6) is 0.0571. The van der Waals surface area contributed by atoms with Crippen LogP contribution in [0.5, 0.6) is 0 Å². The van der Waals surface area contributed by atoms with Crippen molar-refractivity contribution in [1.29, 1.82) is 0 Å². The van der Waals surface area contributed by atoms with Crippen molar-refractivity contribution in [2.75, 3.05) is 6.54 Å². The van der Waals surface area contributed by atoms with Crippen molar-refractivity contribution in [2.24, 2.45) is 5.41 Å². The van der Waals surface area contributed by atoms with Crippen molar-refractivity contribution in [3.8, 4) is 0 Å². The molecule has 2 aromatic rings. The highest BCUT2D eigenvalue weighted by Gasteiger charge is 2.30. The number of rotatable bonds is 6. The molecule has 1 aliphatic rings. The van der Waals surface area contributed by atoms with E-state index >= 15 is 0 Å². The highest BCUT2D eigenvalue weighted by Crippen LogP contribution is 2.29. The first-order chi connectivity index (χ1) is 13.8. The Morgan fingerprint density at radius 1 is 1.21 bits per heavy atom. The van der Waals surface area contributed by atoms with Crippen LogP contribution in [-0.4, -0.2) is 28.4 Å². The number of benzene rings is 1. The quantitative estimate of drug-likeness (QED) is 0.691. The largest absolute Gasteiger partial charge is 0.347 e. The molecule has 0 radical (unpaired) electrons. The Bertz CT molecular complexity index is 803. The van der Waals surface area contributed by atoms with Crippen LogP contribution in [0, 0.1) is 5.41 Å². The number of likely N-dealkylation sites (tertiary alicyclic amines) is 1. The van der Waals surface area contributed by atoms with Gasteiger partial charge in [-0.3, -0.25) is 14.7 Å². The van der Waals surface area contributed by atoms with Crippen LogP contribution in [0.2, 0.25) is 5.02 Å². The second-order valence-electron chi connectivity index (χ2n) is 8.98. The van der Waals surface area contributed by atoms with Gasteiger partial charge in [-0.2, -0.15) is 0 Å². The lowest BCUT2D eigenvalue weighted by Crippen LogP contribution is -2.44. The van der Waals surface area contributed by atoms with Crippen molar-refractivity contribution in [3.63, 3.8) is 0 Å². The van der Waals surface area contributed by atoms with Gasteiger partial charge in [-0.05, 0) is 49.6 Å². The minimum atomic E-state index is -0.434. The Hall–Kier alpha value is -1.91. The van der Waals surface area contributed by atoms with Crippen molar-refractivity contribution >= 4 is 17.5 Å². The third kappa shape index (κ3) is 6.03. The molecule has 1 aliphatic heterocycles. The maximum absolute atomic E-state index is 12.7. The molecule has 1 aromatic heterocycles. The SMILES string of the molecule is CC(C)(C)C(=O)N[C@@H](C[C@H]1CCCCN1Cc1ccccc1Cl)c1ccccn1. The van der Waals surface area contributed by atoms with Crippen LogP contribution < -0.4 is 5.32 Å². The number of hydrogen-bond acceptors (Lipinski definition) is 3. The van der Waals surface area contributed by atoms with E-state index in [0.29, 0.717) is 6.04 Å². The first-order valence-corrected chi connectivity index (χ1v) is 10.9. The van der Waals surface area contributed by atoms with E-state index in [9.17, 15) is 4.79 Å². The molecule has 0 spiro atoms. The molecule has 1 amide bonds. The van der Waals surface area contributed by atoms with Gasteiger partial charge in [0.1, 0.15) is 0 Å². The number of aromatic nitrogens is 1. The van der Waals surface area contributed by atoms with E-state index in [-0.39, 0.29) is 11.9 Å². The molecule has 0 unspecified atom stereocenters. The van der Waals surface area contributed by atoms with E-state index in [1.54, 1.807) is 6.20 Å². The molecule has 3 rings (SSSR count). The maximum Gasteiger partial charge on any atom is 0.225 e. The predicted octanol–water partition coefficient (Wildman–Crippen LogP) is 5.38. The lowest BCUT2D eigenvalue weighted by Gasteiger charge is -2.38. The van der Waals surface area contributed by atoms with E-state index in [4.69, 9.17) is 11.6 Å². The summed E-state index contributed by atoms with van der Waals surface area (Å²) in [6.07, 6.45) is 6.19. The fourth-order valence-corrected chi connectivity index (χ4v) is 4.06. The van der Waals surface area contributed by atoms with Gasteiger partial charge < -0.3 is 5.32 Å². The molecule has 1 aromatic carbocycles. The molecule has 2 heterocycles. The van der Waals surface area contributed by atoms with Crippen LogP contribution in [0.25, 0.3) is 0 Å². The number of pyridine rings is 1. The van der Waals surface area contributed by atoms with Gasteiger partial charge in [-0.15, -0.1) is 0 Å². The summed E-state index contributed by atoms with van der Waals surface area (Å²) in [5, 5.41) is 4.08. The van der Waals surface area contributed by atoms with Gasteiger partial charge in [0.2, 0.25) is 5.91 Å². The summed E-state index contributed by atoms with van der Waals surface area (Å²) in [5.41, 5.74) is 1.65. The molecule has 2 atom stereocenters. The molecule has 1 saturated heterocycles. The number of carbonyl (C=O) groups excluding carboxylic acids is 1. The summed E-state index contributed by atoms with van der Waals surface area (Å²) in [4.78, 5) is 19.8. The van der Waals surface area contributed by atoms with Gasteiger partial charge in [0.05, 0.1) is 11.7 Å². The van der Waals surface area contributed by atoms with Gasteiger partial charge in [0.25, 0.3) is 0 Å². The third-order valence-corrected chi connectivity index (χ3v) is 5.99. The average Bonchev–Trinajstić information content (AvgIpc) is 2.70. The van der Waals surface area contributed by atoms with Gasteiger partial charge in [-0.1, -0.05) is 63.1 Å². The Morgan fingerprint density at radius 2 is 1.97 bits per heavy atom. The van der Waals surface area contributed by atoms with Gasteiger partial charge in [0, 0.05) is 29.2 Å². The number of carbonyl (C=O) groups is 1. The molecule has 1 fully saturated rings. The molecule has 4 nitrogen and oxygen atoms in total. The fourth-order valence-electron chi connectivity index (χ4n) is 3.86. The molecule has 29 heavy (non-hydrogen) atoms. The number of halogens is 1. The van der Waals surface area contributed by atoms with E-state index in [1.807, 2.05) is 57.2 Å². The molecule has 5 heteroatoms. The smallest absolute Gasteiger partial charge is 0.225 e. The van der Waals surface area contributed by atoms with Crippen LogP contribution >= 0.6 is 11.6 Å². The van der Waals surface area contributed by atoms with Crippen molar-refractivity contribution < 1.29 is 4.79 Å². The fraction of sp³-hybridized carbons (Fsp3) is 0.500. The number of piperidine rings is 1. The van der Waals surface area contributed by atoms with E-state index < -0.39 is 5.41 Å². The zero-order chi connectivity index (χ0) is 20.9. The summed E-state index contributed by atoms with van der Waals surface area (Å²) < 4.78 is 0. The third-order valence-electron chi connectivity index (χ3n) is 5.62. The zero-order valence-corrected chi connectivity index (χ0v) is 18.5. The maximum atomic E-state index is 12.7. The van der Waals surface area contributed by atoms with E-state index in [1.165, 1.54) is 12.8 Å². The van der Waals surface area contributed by atoms with Gasteiger partial charge in [0.15, 0.2) is 0 Å². The topological polar surface area (TPSA) is 45.2 Å². The summed E-state index contributed by atoms with van der Waals surface area (Å²) in [6, 6.07) is 14.3. The number of amides is 1. The monoisotopic (exact) mass is 413 g/mol. The van der Waals surface area contributed by atoms with Crippen LogP contribution in [0.1, 0.15) is 63.8 Å². The van der Waals surface area contributed by atoms with E-state index in [2.05, 4.69) is 21.3 Å². The number of nitrogens with zero attached hydrogens (tertiary/aromatic N) is 2. The minimum Gasteiger partial charge on any atom is -0.347 e. The normalized spacial score (nSPS) is 19.0. The van der Waals surface area contributed by atoms with Crippen molar-refractivity contribution in [3.05, 3.63) is 64.9 Å². The Kier molecular flexibility index (Phi) is 7.31. The predicted molar refractivity (Wildman–Crippen MR) is 119 cm³/mol. The summed E-state index contributed by atoms with van der Waals surface area (Å²) >= 11 is 6.42. The Labute approximate surface area is 179 Å². The van der Waals surface area contributed by atoms with Crippen molar-refractivity contribution in [1.82, 2.24) is 15.2 Å². The van der Waals surface area contributed by atoms with Gasteiger partial charge >= 0.3 is 0 Å². The zero-order valence-electron chi connectivity index (χ0n) is 17.7. The standard InChI is InChI=1S/C24H32ClN3O/c1-24(2,3)23(29)27-22(21-13-6-8-14-26-21)16-19-11-7-9-15-28(19)17-18-10-4-5-12-20(18)25/h4-6,8,10,12-14,19,22H,7,9,11,15-17H2,1-3H3,(H,27,29)/t19-,22+/m1/s1. The lowest BCUT2D eigenvalue weighted by atomic mass is 9.91. The van der Waals surface area contributed by atoms with Crippen LogP contribution in [0.15, 0.2) is 48.7 Å². The second kappa shape index (κ2) is 9.73. The Balaban J connectivity index is 1.78. The Morgan fingerprint density at radius 3 is 2.66 bits per heavy atom. The first kappa shape index (κ1) is 21.8. The van der Waals surface area contributed by atoms with Crippen molar-refractivity contribution in [2.45, 2.75) is 65.1 Å². The molecule has 1 N–H and O–H groups in total. The first-order valence-electron chi connectivity index (χ1n) is 10.5. The number of hydrogen-bond donors (Lipinski definition) is 1. The molecule has 0 aliphatic carbocycles. The molecule has 0 saturated carbocycles. The molecular weight excluding hydrogens is 382 g/mol. The average molecular weight is 414 g/mol. The second-order valence-corrected chi connectivity index (χ2v) is 9.39. The van der Waals surface area contributed by atoms with Crippen LogP contribution in [0.3, 0.4) is 0 Å². The van der Waals surface area contributed by atoms with E-state index in [0.717, 1.165) is 42.2 Å². The summed E-state index contributed by atoms with van der Waals surface area (Å²) in [6.45, 7) is 7.73. The molecule has 0 bridgehead atoms. The highest BCUT2D eigenvalue weighted by molar-refractivity contribution is 6.31. The van der Waals surface area contributed by atoms with Crippen LogP contribution in [0.4, 0.5) is 0 Å². The minimum absolute atomic E-state index is 0.0571. The lowest BCUT2D eigenvalue weighted by molar-refractivity contribution is -0.129. The highest BCUT2D eigenvalue weighted by atomic mass is 35.5. The molecule has 156 valence electrons. The number of nitrogens with one attached hydrogen (secondary N) is 1. The summed E-state index contributed by atoms with van der Waals surface area (Å²) in [7, 11) is 0. The van der Waals surface area contributed by atoms with Crippen LogP contribution in [-0.2, 0) is 11.3 Å².